The summed E-state index contributed by atoms with van der Waals surface area (Å²) in [6, 6.07) is 4.36. The Bertz CT molecular complexity index is 585. The largest absolute Gasteiger partial charge is 0.344 e. The lowest BCUT2D eigenvalue weighted by Crippen LogP contribution is -1.92. The zero-order valence-electron chi connectivity index (χ0n) is 9.66. The summed E-state index contributed by atoms with van der Waals surface area (Å²) in [5.41, 5.74) is 5.98. The summed E-state index contributed by atoms with van der Waals surface area (Å²) in [5.74, 6) is 0. The molecule has 2 rings (SSSR count). The fourth-order valence-electron chi connectivity index (χ4n) is 1.76. The van der Waals surface area contributed by atoms with Crippen LogP contribution in [-0.4, -0.2) is 9.97 Å². The molecule has 0 amide bonds. The van der Waals surface area contributed by atoms with E-state index < -0.39 is 0 Å². The minimum atomic E-state index is 0.662. The Hall–Kier alpha value is -1.48. The van der Waals surface area contributed by atoms with Crippen molar-refractivity contribution in [1.82, 2.24) is 9.97 Å². The van der Waals surface area contributed by atoms with Gasteiger partial charge in [-0.15, -0.1) is 0 Å². The normalized spacial score (nSPS) is 10.4. The predicted octanol–water partition coefficient (Wildman–Crippen LogP) is 3.73. The summed E-state index contributed by atoms with van der Waals surface area (Å²) in [4.78, 5) is 7.28. The van der Waals surface area contributed by atoms with Gasteiger partial charge in [-0.05, 0) is 43.5 Å². The Balaban J connectivity index is 2.65. The molecule has 0 fully saturated rings. The van der Waals surface area contributed by atoms with Crippen LogP contribution in [0.5, 0.6) is 0 Å². The minimum Gasteiger partial charge on any atom is -0.344 e. The molecule has 16 heavy (non-hydrogen) atoms. The summed E-state index contributed by atoms with van der Waals surface area (Å²) in [6.45, 7) is 6.34. The van der Waals surface area contributed by atoms with Crippen molar-refractivity contribution in [3.8, 4) is 11.3 Å². The van der Waals surface area contributed by atoms with Gasteiger partial charge in [0.05, 0.1) is 18.1 Å². The Kier molecular flexibility index (Phi) is 2.88. The quantitative estimate of drug-likeness (QED) is 0.756. The van der Waals surface area contributed by atoms with Gasteiger partial charge in [0.25, 0.3) is 0 Å². The van der Waals surface area contributed by atoms with Crippen molar-refractivity contribution in [1.29, 1.82) is 0 Å². The van der Waals surface area contributed by atoms with Crippen molar-refractivity contribution in [3.05, 3.63) is 45.9 Å². The number of nitrogens with one attached hydrogen (secondary N) is 1. The van der Waals surface area contributed by atoms with Crippen LogP contribution in [0.25, 0.3) is 11.3 Å². The zero-order valence-corrected chi connectivity index (χ0v) is 10.5. The van der Waals surface area contributed by atoms with Crippen molar-refractivity contribution < 1.29 is 0 Å². The molecular weight excluding hydrogens is 216 g/mol. The molecule has 0 atom stereocenters. The van der Waals surface area contributed by atoms with Crippen molar-refractivity contribution >= 4 is 12.2 Å². The smallest absolute Gasteiger partial charge is 0.122 e. The third-order valence-corrected chi connectivity index (χ3v) is 2.99. The van der Waals surface area contributed by atoms with E-state index in [1.54, 1.807) is 6.20 Å². The maximum atomic E-state index is 5.08. The Morgan fingerprint density at radius 1 is 1.00 bits per heavy atom. The first kappa shape index (κ1) is 11.0. The van der Waals surface area contributed by atoms with Crippen LogP contribution in [0.2, 0.25) is 0 Å². The third kappa shape index (κ3) is 2.04. The van der Waals surface area contributed by atoms with E-state index in [1.165, 1.54) is 22.3 Å². The van der Waals surface area contributed by atoms with Gasteiger partial charge in [-0.1, -0.05) is 18.3 Å². The molecule has 0 aliphatic carbocycles. The first-order valence-corrected chi connectivity index (χ1v) is 5.61. The topological polar surface area (TPSA) is 28.7 Å². The summed E-state index contributed by atoms with van der Waals surface area (Å²) in [5, 5.41) is 0. The maximum Gasteiger partial charge on any atom is 0.122 e. The molecule has 1 heterocycles. The fraction of sp³-hybridized carbons (Fsp3) is 0.231. The van der Waals surface area contributed by atoms with Gasteiger partial charge < -0.3 is 4.98 Å². The molecule has 0 aliphatic rings. The molecule has 0 bridgehead atoms. The molecule has 0 saturated carbocycles. The van der Waals surface area contributed by atoms with Crippen molar-refractivity contribution in [3.63, 3.8) is 0 Å². The monoisotopic (exact) mass is 230 g/mol. The van der Waals surface area contributed by atoms with Crippen molar-refractivity contribution in [2.45, 2.75) is 20.8 Å². The average Bonchev–Trinajstić information content (AvgIpc) is 2.23. The van der Waals surface area contributed by atoms with Gasteiger partial charge in [-0.2, -0.15) is 0 Å². The number of hydrogen-bond donors (Lipinski definition) is 1. The van der Waals surface area contributed by atoms with Crippen molar-refractivity contribution in [2.24, 2.45) is 0 Å². The average molecular weight is 230 g/mol. The standard InChI is InChI=1S/C13H14N2S/c1-8-4-10(3)11(5-9(8)2)12-6-14-7-13(16)15-12/h4-7H,1-3H3,(H,15,16). The molecule has 82 valence electrons. The summed E-state index contributed by atoms with van der Waals surface area (Å²) in [7, 11) is 0. The van der Waals surface area contributed by atoms with Gasteiger partial charge in [0.15, 0.2) is 0 Å². The molecular formula is C13H14N2S. The summed E-state index contributed by atoms with van der Waals surface area (Å²) >= 11 is 5.08. The van der Waals surface area contributed by atoms with E-state index in [2.05, 4.69) is 42.9 Å². The molecule has 0 spiro atoms. The van der Waals surface area contributed by atoms with Gasteiger partial charge in [0.1, 0.15) is 4.64 Å². The highest BCUT2D eigenvalue weighted by atomic mass is 32.1. The number of aromatic nitrogens is 2. The molecule has 0 saturated heterocycles. The molecule has 0 radical (unpaired) electrons. The summed E-state index contributed by atoms with van der Waals surface area (Å²) in [6.07, 6.45) is 3.46. The van der Waals surface area contributed by atoms with Crippen LogP contribution in [0.1, 0.15) is 16.7 Å². The number of aromatic amines is 1. The zero-order chi connectivity index (χ0) is 11.7. The minimum absolute atomic E-state index is 0.662. The Morgan fingerprint density at radius 2 is 1.69 bits per heavy atom. The maximum absolute atomic E-state index is 5.08. The van der Waals surface area contributed by atoms with Crippen LogP contribution in [0.4, 0.5) is 0 Å². The lowest BCUT2D eigenvalue weighted by molar-refractivity contribution is 1.17. The summed E-state index contributed by atoms with van der Waals surface area (Å²) < 4.78 is 0.662. The highest BCUT2D eigenvalue weighted by Gasteiger charge is 2.04. The number of aryl methyl sites for hydroxylation is 3. The highest BCUT2D eigenvalue weighted by Crippen LogP contribution is 2.24. The van der Waals surface area contributed by atoms with Gasteiger partial charge in [-0.25, -0.2) is 0 Å². The lowest BCUT2D eigenvalue weighted by atomic mass is 9.99. The van der Waals surface area contributed by atoms with Gasteiger partial charge in [-0.3, -0.25) is 4.98 Å². The van der Waals surface area contributed by atoms with E-state index in [1.807, 2.05) is 6.20 Å². The van der Waals surface area contributed by atoms with Gasteiger partial charge in [0.2, 0.25) is 0 Å². The molecule has 0 aliphatic heterocycles. The highest BCUT2D eigenvalue weighted by molar-refractivity contribution is 7.71. The molecule has 1 aromatic carbocycles. The predicted molar refractivity (Wildman–Crippen MR) is 69.1 cm³/mol. The number of rotatable bonds is 1. The fourth-order valence-corrected chi connectivity index (χ4v) is 1.94. The van der Waals surface area contributed by atoms with Crippen LogP contribution in [0.3, 0.4) is 0 Å². The van der Waals surface area contributed by atoms with Gasteiger partial charge in [0, 0.05) is 5.56 Å². The van der Waals surface area contributed by atoms with E-state index in [9.17, 15) is 0 Å². The molecule has 2 nitrogen and oxygen atoms in total. The number of benzene rings is 1. The van der Waals surface area contributed by atoms with E-state index >= 15 is 0 Å². The third-order valence-electron chi connectivity index (χ3n) is 2.78. The van der Waals surface area contributed by atoms with E-state index in [0.717, 1.165) is 5.69 Å². The molecule has 1 N–H and O–H groups in total. The Labute approximate surface area is 100 Å². The second kappa shape index (κ2) is 4.18. The second-order valence-corrected chi connectivity index (χ2v) is 4.50. The van der Waals surface area contributed by atoms with Crippen LogP contribution < -0.4 is 0 Å². The van der Waals surface area contributed by atoms with E-state index in [4.69, 9.17) is 12.2 Å². The SMILES string of the molecule is Cc1cc(C)c(-c2cncc(=S)[nH]2)cc1C. The lowest BCUT2D eigenvalue weighted by Gasteiger charge is -2.09. The van der Waals surface area contributed by atoms with Crippen LogP contribution in [-0.2, 0) is 0 Å². The van der Waals surface area contributed by atoms with Crippen LogP contribution in [0, 0.1) is 25.4 Å². The first-order chi connectivity index (χ1) is 7.58. The van der Waals surface area contributed by atoms with Crippen LogP contribution in [0.15, 0.2) is 24.5 Å². The van der Waals surface area contributed by atoms with Gasteiger partial charge >= 0.3 is 0 Å². The number of H-pyrrole nitrogens is 1. The molecule has 0 unspecified atom stereocenters. The molecule has 2 aromatic rings. The van der Waals surface area contributed by atoms with Crippen molar-refractivity contribution in [2.75, 3.05) is 0 Å². The molecule has 1 aromatic heterocycles. The van der Waals surface area contributed by atoms with E-state index in [0.29, 0.717) is 4.64 Å². The number of hydrogen-bond acceptors (Lipinski definition) is 2. The first-order valence-electron chi connectivity index (χ1n) is 5.20. The molecule has 3 heteroatoms. The number of nitrogens with zero attached hydrogens (tertiary/aromatic N) is 1. The van der Waals surface area contributed by atoms with Crippen LogP contribution >= 0.6 is 12.2 Å². The Morgan fingerprint density at radius 3 is 2.38 bits per heavy atom. The van der Waals surface area contributed by atoms with E-state index in [-0.39, 0.29) is 0 Å². The second-order valence-electron chi connectivity index (χ2n) is 4.06.